The number of hydrogen-bond acceptors (Lipinski definition) is 2. The number of benzene rings is 1. The van der Waals surface area contributed by atoms with Gasteiger partial charge in [0, 0.05) is 18.3 Å². The second-order valence-electron chi connectivity index (χ2n) is 6.01. The first-order chi connectivity index (χ1) is 8.04. The number of ether oxygens (including phenoxy) is 1. The van der Waals surface area contributed by atoms with E-state index in [1.165, 1.54) is 24.1 Å². The fourth-order valence-electron chi connectivity index (χ4n) is 2.00. The van der Waals surface area contributed by atoms with Gasteiger partial charge in [-0.3, -0.25) is 0 Å². The van der Waals surface area contributed by atoms with Crippen molar-refractivity contribution < 1.29 is 4.74 Å². The summed E-state index contributed by atoms with van der Waals surface area (Å²) in [5, 5.41) is 3.43. The Hall–Kier alpha value is -1.18. The van der Waals surface area contributed by atoms with Gasteiger partial charge in [-0.25, -0.2) is 0 Å². The lowest BCUT2D eigenvalue weighted by Crippen LogP contribution is -2.13. The minimum absolute atomic E-state index is 0.340. The van der Waals surface area contributed by atoms with Crippen molar-refractivity contribution >= 4 is 5.69 Å². The van der Waals surface area contributed by atoms with Gasteiger partial charge in [0.05, 0.1) is 6.61 Å². The van der Waals surface area contributed by atoms with Crippen LogP contribution in [-0.2, 0) is 6.42 Å². The van der Waals surface area contributed by atoms with E-state index in [4.69, 9.17) is 4.74 Å². The molecule has 1 aliphatic heterocycles. The van der Waals surface area contributed by atoms with Crippen molar-refractivity contribution in [3.05, 3.63) is 23.8 Å². The summed E-state index contributed by atoms with van der Waals surface area (Å²) in [6, 6.07) is 6.42. The molecular formula is C15H23NO. The van der Waals surface area contributed by atoms with Gasteiger partial charge in [0.2, 0.25) is 0 Å². The Bertz CT molecular complexity index is 379. The summed E-state index contributed by atoms with van der Waals surface area (Å²) in [5.41, 5.74) is 3.01. The van der Waals surface area contributed by atoms with Gasteiger partial charge in [-0.05, 0) is 36.3 Å². The van der Waals surface area contributed by atoms with Crippen LogP contribution in [0.1, 0.15) is 39.2 Å². The number of hydrogen-bond donors (Lipinski definition) is 1. The maximum Gasteiger partial charge on any atom is 0.121 e. The van der Waals surface area contributed by atoms with Crippen LogP contribution in [0, 0.1) is 5.41 Å². The van der Waals surface area contributed by atoms with Crippen LogP contribution in [0.5, 0.6) is 5.75 Å². The maximum absolute atomic E-state index is 5.81. The van der Waals surface area contributed by atoms with E-state index in [1.54, 1.807) is 0 Å². The minimum Gasteiger partial charge on any atom is -0.493 e. The molecule has 2 heteroatoms. The molecule has 0 saturated heterocycles. The van der Waals surface area contributed by atoms with Crippen LogP contribution in [-0.4, -0.2) is 13.2 Å². The van der Waals surface area contributed by atoms with E-state index in [1.807, 2.05) is 0 Å². The first-order valence-corrected chi connectivity index (χ1v) is 6.54. The molecule has 1 aromatic carbocycles. The summed E-state index contributed by atoms with van der Waals surface area (Å²) in [6.07, 6.45) is 3.50. The van der Waals surface area contributed by atoms with Gasteiger partial charge >= 0.3 is 0 Å². The first kappa shape index (κ1) is 12.3. The molecule has 0 unspecified atom stereocenters. The molecule has 94 valence electrons. The average molecular weight is 233 g/mol. The third-order valence-corrected chi connectivity index (χ3v) is 3.14. The molecule has 0 saturated carbocycles. The summed E-state index contributed by atoms with van der Waals surface area (Å²) in [5.74, 6) is 0.988. The summed E-state index contributed by atoms with van der Waals surface area (Å²) in [4.78, 5) is 0. The zero-order chi connectivity index (χ0) is 12.3. The van der Waals surface area contributed by atoms with E-state index in [0.717, 1.165) is 25.3 Å². The topological polar surface area (TPSA) is 21.3 Å². The minimum atomic E-state index is 0.340. The van der Waals surface area contributed by atoms with Gasteiger partial charge in [0.1, 0.15) is 5.75 Å². The van der Waals surface area contributed by atoms with E-state index in [9.17, 15) is 0 Å². The monoisotopic (exact) mass is 233 g/mol. The molecule has 0 spiro atoms. The predicted octanol–water partition coefficient (Wildman–Crippen LogP) is 3.86. The zero-order valence-electron chi connectivity index (χ0n) is 11.2. The van der Waals surface area contributed by atoms with Gasteiger partial charge < -0.3 is 10.1 Å². The number of nitrogens with one attached hydrogen (secondary N) is 1. The van der Waals surface area contributed by atoms with Gasteiger partial charge in [-0.1, -0.05) is 26.8 Å². The Balaban J connectivity index is 1.93. The molecule has 0 amide bonds. The van der Waals surface area contributed by atoms with Crippen LogP contribution in [0.15, 0.2) is 18.2 Å². The fourth-order valence-corrected chi connectivity index (χ4v) is 2.00. The lowest BCUT2D eigenvalue weighted by atomic mass is 9.93. The molecule has 1 N–H and O–H groups in total. The maximum atomic E-state index is 5.81. The van der Waals surface area contributed by atoms with E-state index >= 15 is 0 Å². The van der Waals surface area contributed by atoms with Crippen LogP contribution in [0.25, 0.3) is 0 Å². The molecule has 0 aromatic heterocycles. The van der Waals surface area contributed by atoms with E-state index in [2.05, 4.69) is 44.3 Å². The number of fused-ring (bicyclic) bond motifs is 1. The summed E-state index contributed by atoms with van der Waals surface area (Å²) >= 11 is 0. The summed E-state index contributed by atoms with van der Waals surface area (Å²) in [7, 11) is 0. The molecule has 1 aliphatic rings. The lowest BCUT2D eigenvalue weighted by molar-refractivity contribution is 0.243. The quantitative estimate of drug-likeness (QED) is 0.856. The molecule has 17 heavy (non-hydrogen) atoms. The van der Waals surface area contributed by atoms with Crippen molar-refractivity contribution in [3.63, 3.8) is 0 Å². The SMILES string of the molecule is CC(C)(C)CCOc1ccc2c(c1)NCCC2. The van der Waals surface area contributed by atoms with Crippen LogP contribution < -0.4 is 10.1 Å². The molecule has 1 heterocycles. The lowest BCUT2D eigenvalue weighted by Gasteiger charge is -2.20. The predicted molar refractivity (Wildman–Crippen MR) is 72.8 cm³/mol. The highest BCUT2D eigenvalue weighted by atomic mass is 16.5. The molecule has 1 aromatic rings. The molecule has 0 atom stereocenters. The van der Waals surface area contributed by atoms with Gasteiger partial charge in [-0.2, -0.15) is 0 Å². The Kier molecular flexibility index (Phi) is 3.60. The highest BCUT2D eigenvalue weighted by molar-refractivity contribution is 5.56. The zero-order valence-corrected chi connectivity index (χ0v) is 11.2. The Morgan fingerprint density at radius 2 is 2.12 bits per heavy atom. The first-order valence-electron chi connectivity index (χ1n) is 6.54. The average Bonchev–Trinajstić information content (AvgIpc) is 2.27. The molecule has 0 bridgehead atoms. The van der Waals surface area contributed by atoms with Crippen LogP contribution >= 0.6 is 0 Å². The molecular weight excluding hydrogens is 210 g/mol. The highest BCUT2D eigenvalue weighted by Gasteiger charge is 2.11. The fraction of sp³-hybridized carbons (Fsp3) is 0.600. The number of rotatable bonds is 3. The Morgan fingerprint density at radius 3 is 2.88 bits per heavy atom. The number of aryl methyl sites for hydroxylation is 1. The smallest absolute Gasteiger partial charge is 0.121 e. The van der Waals surface area contributed by atoms with Crippen LogP contribution in [0.4, 0.5) is 5.69 Å². The van der Waals surface area contributed by atoms with Gasteiger partial charge in [-0.15, -0.1) is 0 Å². The normalized spacial score (nSPS) is 15.0. The van der Waals surface area contributed by atoms with E-state index in [0.29, 0.717) is 5.41 Å². The van der Waals surface area contributed by atoms with Crippen molar-refractivity contribution in [2.24, 2.45) is 5.41 Å². The Morgan fingerprint density at radius 1 is 1.29 bits per heavy atom. The van der Waals surface area contributed by atoms with E-state index < -0.39 is 0 Å². The second kappa shape index (κ2) is 4.99. The van der Waals surface area contributed by atoms with Crippen LogP contribution in [0.2, 0.25) is 0 Å². The van der Waals surface area contributed by atoms with Gasteiger partial charge in [0.15, 0.2) is 0 Å². The Labute approximate surface area is 104 Å². The molecule has 0 aliphatic carbocycles. The standard InChI is InChI=1S/C15H23NO/c1-15(2,3)8-10-17-13-7-6-12-5-4-9-16-14(12)11-13/h6-7,11,16H,4-5,8-10H2,1-3H3. The molecule has 0 fully saturated rings. The number of anilines is 1. The summed E-state index contributed by atoms with van der Waals surface area (Å²) < 4.78 is 5.81. The molecule has 0 radical (unpaired) electrons. The van der Waals surface area contributed by atoms with Crippen LogP contribution in [0.3, 0.4) is 0 Å². The van der Waals surface area contributed by atoms with Crippen molar-refractivity contribution in [2.45, 2.75) is 40.0 Å². The van der Waals surface area contributed by atoms with E-state index in [-0.39, 0.29) is 0 Å². The van der Waals surface area contributed by atoms with Crippen molar-refractivity contribution in [1.29, 1.82) is 0 Å². The van der Waals surface area contributed by atoms with Gasteiger partial charge in [0.25, 0.3) is 0 Å². The molecule has 2 nitrogen and oxygen atoms in total. The largest absolute Gasteiger partial charge is 0.493 e. The third kappa shape index (κ3) is 3.65. The summed E-state index contributed by atoms with van der Waals surface area (Å²) in [6.45, 7) is 8.60. The third-order valence-electron chi connectivity index (χ3n) is 3.14. The highest BCUT2D eigenvalue weighted by Crippen LogP contribution is 2.27. The van der Waals surface area contributed by atoms with Crippen molar-refractivity contribution in [1.82, 2.24) is 0 Å². The van der Waals surface area contributed by atoms with Crippen molar-refractivity contribution in [2.75, 3.05) is 18.5 Å². The van der Waals surface area contributed by atoms with Crippen molar-refractivity contribution in [3.8, 4) is 5.75 Å². The molecule has 2 rings (SSSR count). The second-order valence-corrected chi connectivity index (χ2v) is 6.01.